The summed E-state index contributed by atoms with van der Waals surface area (Å²) in [6.45, 7) is 1.84. The minimum absolute atomic E-state index is 0.259. The number of carbonyl (C=O) groups is 1. The van der Waals surface area contributed by atoms with E-state index in [1.807, 2.05) is 13.0 Å². The fraction of sp³-hybridized carbons (Fsp3) is 0.0667. The molecule has 0 unspecified atom stereocenters. The summed E-state index contributed by atoms with van der Waals surface area (Å²) in [5.74, 6) is -0.259. The maximum Gasteiger partial charge on any atom is 0.255 e. The molecule has 0 atom stereocenters. The summed E-state index contributed by atoms with van der Waals surface area (Å²) < 4.78 is 0. The van der Waals surface area contributed by atoms with Crippen LogP contribution >= 0.6 is 0 Å². The van der Waals surface area contributed by atoms with Crippen LogP contribution in [0.2, 0.25) is 0 Å². The van der Waals surface area contributed by atoms with Gasteiger partial charge < -0.3 is 11.1 Å². The van der Waals surface area contributed by atoms with Crippen molar-refractivity contribution in [1.82, 2.24) is 0 Å². The highest BCUT2D eigenvalue weighted by atomic mass is 16.1. The molecule has 4 nitrogen and oxygen atoms in total. The smallest absolute Gasteiger partial charge is 0.255 e. The summed E-state index contributed by atoms with van der Waals surface area (Å²) in [6, 6.07) is 14.0. The van der Waals surface area contributed by atoms with Crippen LogP contribution in [0.1, 0.15) is 21.5 Å². The van der Waals surface area contributed by atoms with E-state index in [9.17, 15) is 4.79 Å². The van der Waals surface area contributed by atoms with Crippen molar-refractivity contribution in [3.63, 3.8) is 0 Å². The third kappa shape index (κ3) is 2.72. The zero-order valence-electron chi connectivity index (χ0n) is 10.5. The van der Waals surface area contributed by atoms with Crippen LogP contribution in [-0.4, -0.2) is 5.91 Å². The van der Waals surface area contributed by atoms with Crippen LogP contribution in [0.15, 0.2) is 42.5 Å². The maximum atomic E-state index is 12.1. The number of nitrogens with one attached hydrogen (secondary N) is 1. The molecule has 0 saturated carbocycles. The molecule has 0 radical (unpaired) electrons. The van der Waals surface area contributed by atoms with Crippen molar-refractivity contribution in [2.24, 2.45) is 0 Å². The predicted octanol–water partition coefficient (Wildman–Crippen LogP) is 2.70. The van der Waals surface area contributed by atoms with Crippen molar-refractivity contribution < 1.29 is 4.79 Å². The van der Waals surface area contributed by atoms with Crippen LogP contribution < -0.4 is 11.1 Å². The third-order valence-electron chi connectivity index (χ3n) is 2.83. The average Bonchev–Trinajstić information content (AvgIpc) is 2.42. The van der Waals surface area contributed by atoms with Crippen LogP contribution in [0.25, 0.3) is 0 Å². The van der Waals surface area contributed by atoms with Crippen LogP contribution in [0.5, 0.6) is 0 Å². The van der Waals surface area contributed by atoms with E-state index < -0.39 is 0 Å². The Morgan fingerprint density at radius 1 is 1.26 bits per heavy atom. The van der Waals surface area contributed by atoms with Gasteiger partial charge in [0, 0.05) is 11.3 Å². The number of nitriles is 1. The second-order valence-corrected chi connectivity index (χ2v) is 4.18. The Hall–Kier alpha value is -2.80. The number of rotatable bonds is 2. The topological polar surface area (TPSA) is 78.9 Å². The highest BCUT2D eigenvalue weighted by Crippen LogP contribution is 2.17. The molecule has 0 aromatic heterocycles. The molecule has 2 aromatic carbocycles. The molecule has 0 aliphatic carbocycles. The van der Waals surface area contributed by atoms with E-state index in [1.165, 1.54) is 0 Å². The van der Waals surface area contributed by atoms with Gasteiger partial charge in [-0.1, -0.05) is 12.1 Å². The minimum Gasteiger partial charge on any atom is -0.399 e. The molecule has 0 aliphatic heterocycles. The molecule has 4 heteroatoms. The Morgan fingerprint density at radius 3 is 2.68 bits per heavy atom. The predicted molar refractivity (Wildman–Crippen MR) is 74.7 cm³/mol. The zero-order valence-corrected chi connectivity index (χ0v) is 10.5. The van der Waals surface area contributed by atoms with E-state index in [1.54, 1.807) is 42.5 Å². The van der Waals surface area contributed by atoms with Gasteiger partial charge >= 0.3 is 0 Å². The van der Waals surface area contributed by atoms with Crippen molar-refractivity contribution in [3.05, 3.63) is 59.2 Å². The molecule has 0 heterocycles. The number of nitrogens with zero attached hydrogens (tertiary/aromatic N) is 1. The Bertz CT molecular complexity index is 671. The summed E-state index contributed by atoms with van der Waals surface area (Å²) in [7, 11) is 0. The van der Waals surface area contributed by atoms with Crippen LogP contribution in [0, 0.1) is 18.3 Å². The molecular weight excluding hydrogens is 238 g/mol. The van der Waals surface area contributed by atoms with Gasteiger partial charge in [-0.25, -0.2) is 0 Å². The number of aryl methyl sites for hydroxylation is 1. The highest BCUT2D eigenvalue weighted by molar-refractivity contribution is 6.05. The summed E-state index contributed by atoms with van der Waals surface area (Å²) in [4.78, 5) is 12.1. The number of anilines is 2. The molecule has 1 amide bonds. The molecular formula is C15H13N3O. The summed E-state index contributed by atoms with van der Waals surface area (Å²) >= 11 is 0. The molecule has 0 aliphatic rings. The van der Waals surface area contributed by atoms with E-state index in [-0.39, 0.29) is 5.91 Å². The monoisotopic (exact) mass is 251 g/mol. The van der Waals surface area contributed by atoms with E-state index in [0.717, 1.165) is 5.56 Å². The van der Waals surface area contributed by atoms with Gasteiger partial charge in [0.1, 0.15) is 6.07 Å². The molecule has 0 bridgehead atoms. The number of carbonyl (C=O) groups excluding carboxylic acids is 1. The number of hydrogen-bond donors (Lipinski definition) is 2. The van der Waals surface area contributed by atoms with Gasteiger partial charge in [0.15, 0.2) is 0 Å². The summed E-state index contributed by atoms with van der Waals surface area (Å²) in [6.07, 6.45) is 0. The number of nitrogens with two attached hydrogens (primary N) is 1. The van der Waals surface area contributed by atoms with Crippen LogP contribution in [-0.2, 0) is 0 Å². The number of benzene rings is 2. The Labute approximate surface area is 111 Å². The molecule has 2 aromatic rings. The highest BCUT2D eigenvalue weighted by Gasteiger charge is 2.09. The lowest BCUT2D eigenvalue weighted by molar-refractivity contribution is 0.102. The normalized spacial score (nSPS) is 9.68. The fourth-order valence-electron chi connectivity index (χ4n) is 1.70. The molecule has 0 saturated heterocycles. The molecule has 19 heavy (non-hydrogen) atoms. The molecule has 3 N–H and O–H groups in total. The van der Waals surface area contributed by atoms with Crippen molar-refractivity contribution in [3.8, 4) is 6.07 Å². The second-order valence-electron chi connectivity index (χ2n) is 4.18. The van der Waals surface area contributed by atoms with Gasteiger partial charge in [-0.05, 0) is 42.8 Å². The van der Waals surface area contributed by atoms with Gasteiger partial charge in [-0.3, -0.25) is 4.79 Å². The standard InChI is InChI=1S/C15H13N3O/c1-10-8-11(6-7-13(10)17)15(19)18-14-5-3-2-4-12(14)9-16/h2-8H,17H2,1H3,(H,18,19). The first-order valence-electron chi connectivity index (χ1n) is 5.78. The molecule has 0 spiro atoms. The Balaban J connectivity index is 2.26. The lowest BCUT2D eigenvalue weighted by Crippen LogP contribution is -2.13. The van der Waals surface area contributed by atoms with E-state index in [2.05, 4.69) is 5.32 Å². The molecule has 94 valence electrons. The van der Waals surface area contributed by atoms with Crippen molar-refractivity contribution in [2.75, 3.05) is 11.1 Å². The maximum absolute atomic E-state index is 12.1. The molecule has 2 rings (SSSR count). The van der Waals surface area contributed by atoms with Gasteiger partial charge in [0.25, 0.3) is 5.91 Å². The second kappa shape index (κ2) is 5.23. The average molecular weight is 251 g/mol. The van der Waals surface area contributed by atoms with Crippen molar-refractivity contribution in [2.45, 2.75) is 6.92 Å². The van der Waals surface area contributed by atoms with Gasteiger partial charge in [0.05, 0.1) is 11.3 Å². The van der Waals surface area contributed by atoms with Crippen molar-refractivity contribution >= 4 is 17.3 Å². The van der Waals surface area contributed by atoms with Gasteiger partial charge in [-0.15, -0.1) is 0 Å². The fourth-order valence-corrected chi connectivity index (χ4v) is 1.70. The van der Waals surface area contributed by atoms with Crippen LogP contribution in [0.3, 0.4) is 0 Å². The minimum atomic E-state index is -0.259. The Kier molecular flexibility index (Phi) is 3.48. The number of para-hydroxylation sites is 1. The summed E-state index contributed by atoms with van der Waals surface area (Å²) in [5, 5.41) is 11.7. The zero-order chi connectivity index (χ0) is 13.8. The van der Waals surface area contributed by atoms with E-state index in [0.29, 0.717) is 22.5 Å². The largest absolute Gasteiger partial charge is 0.399 e. The number of nitrogen functional groups attached to an aromatic ring is 1. The van der Waals surface area contributed by atoms with E-state index in [4.69, 9.17) is 11.0 Å². The summed E-state index contributed by atoms with van der Waals surface area (Å²) in [5.41, 5.74) is 8.66. The third-order valence-corrected chi connectivity index (χ3v) is 2.83. The van der Waals surface area contributed by atoms with Gasteiger partial charge in [0.2, 0.25) is 0 Å². The first kappa shape index (κ1) is 12.7. The first-order chi connectivity index (χ1) is 9.11. The van der Waals surface area contributed by atoms with Crippen LogP contribution in [0.4, 0.5) is 11.4 Å². The quantitative estimate of drug-likeness (QED) is 0.805. The SMILES string of the molecule is Cc1cc(C(=O)Nc2ccccc2C#N)ccc1N. The number of hydrogen-bond acceptors (Lipinski definition) is 3. The molecule has 0 fully saturated rings. The lowest BCUT2D eigenvalue weighted by Gasteiger charge is -2.08. The lowest BCUT2D eigenvalue weighted by atomic mass is 10.1. The van der Waals surface area contributed by atoms with Gasteiger partial charge in [-0.2, -0.15) is 5.26 Å². The van der Waals surface area contributed by atoms with Crippen molar-refractivity contribution in [1.29, 1.82) is 5.26 Å². The first-order valence-corrected chi connectivity index (χ1v) is 5.78. The Morgan fingerprint density at radius 2 is 2.00 bits per heavy atom. The number of amides is 1. The van der Waals surface area contributed by atoms with E-state index >= 15 is 0 Å².